The molecule has 0 aliphatic rings. The van der Waals surface area contributed by atoms with Gasteiger partial charge in [0.15, 0.2) is 5.65 Å². The van der Waals surface area contributed by atoms with Crippen LogP contribution in [0, 0.1) is 5.92 Å². The third-order valence-corrected chi connectivity index (χ3v) is 2.54. The summed E-state index contributed by atoms with van der Waals surface area (Å²) in [6.45, 7) is 5.35. The maximum absolute atomic E-state index is 4.24. The van der Waals surface area contributed by atoms with Crippen molar-refractivity contribution in [3.8, 4) is 0 Å². The monoisotopic (exact) mass is 219 g/mol. The summed E-state index contributed by atoms with van der Waals surface area (Å²) in [5.74, 6) is 1.57. The Morgan fingerprint density at radius 3 is 2.94 bits per heavy atom. The molecule has 0 bridgehead atoms. The van der Waals surface area contributed by atoms with Crippen LogP contribution >= 0.6 is 0 Å². The van der Waals surface area contributed by atoms with Gasteiger partial charge in [-0.3, -0.25) is 4.68 Å². The fourth-order valence-electron chi connectivity index (χ4n) is 1.58. The first-order chi connectivity index (χ1) is 7.68. The minimum atomic E-state index is 0.693. The molecule has 16 heavy (non-hydrogen) atoms. The second-order valence-electron chi connectivity index (χ2n) is 4.34. The van der Waals surface area contributed by atoms with Gasteiger partial charge < -0.3 is 5.32 Å². The van der Waals surface area contributed by atoms with Crippen LogP contribution in [0.1, 0.15) is 20.3 Å². The molecule has 2 heterocycles. The highest BCUT2D eigenvalue weighted by molar-refractivity contribution is 5.85. The predicted octanol–water partition coefficient (Wildman–Crippen LogP) is 1.82. The topological polar surface area (TPSA) is 55.6 Å². The zero-order valence-corrected chi connectivity index (χ0v) is 9.94. The molecule has 0 aromatic carbocycles. The van der Waals surface area contributed by atoms with Crippen LogP contribution in [0.15, 0.2) is 12.5 Å². The molecule has 0 saturated heterocycles. The number of aryl methyl sites for hydroxylation is 1. The van der Waals surface area contributed by atoms with Crippen molar-refractivity contribution in [2.45, 2.75) is 20.3 Å². The van der Waals surface area contributed by atoms with Crippen LogP contribution in [-0.4, -0.2) is 26.3 Å². The molecular formula is C11H17N5. The van der Waals surface area contributed by atoms with E-state index in [-0.39, 0.29) is 0 Å². The Morgan fingerprint density at radius 1 is 1.38 bits per heavy atom. The molecule has 2 aromatic heterocycles. The Kier molecular flexibility index (Phi) is 3.03. The Hall–Kier alpha value is -1.65. The molecule has 1 N–H and O–H groups in total. The summed E-state index contributed by atoms with van der Waals surface area (Å²) in [7, 11) is 1.88. The lowest BCUT2D eigenvalue weighted by atomic mass is 10.1. The van der Waals surface area contributed by atoms with E-state index < -0.39 is 0 Å². The number of rotatable bonds is 4. The van der Waals surface area contributed by atoms with E-state index in [1.165, 1.54) is 0 Å². The molecule has 2 aromatic rings. The molecule has 86 valence electrons. The number of nitrogens with one attached hydrogen (secondary N) is 1. The molecule has 0 aliphatic heterocycles. The molecule has 5 nitrogen and oxygen atoms in total. The second-order valence-corrected chi connectivity index (χ2v) is 4.34. The summed E-state index contributed by atoms with van der Waals surface area (Å²) in [5, 5.41) is 8.48. The number of hydrogen-bond donors (Lipinski definition) is 1. The number of nitrogens with zero attached hydrogens (tertiary/aromatic N) is 4. The van der Waals surface area contributed by atoms with Gasteiger partial charge in [-0.25, -0.2) is 9.97 Å². The van der Waals surface area contributed by atoms with E-state index in [1.54, 1.807) is 17.2 Å². The number of hydrogen-bond acceptors (Lipinski definition) is 4. The lowest BCUT2D eigenvalue weighted by Crippen LogP contribution is -2.06. The first-order valence-electron chi connectivity index (χ1n) is 5.55. The normalized spacial score (nSPS) is 11.2. The van der Waals surface area contributed by atoms with Crippen LogP contribution in [-0.2, 0) is 7.05 Å². The zero-order chi connectivity index (χ0) is 11.5. The van der Waals surface area contributed by atoms with Crippen LogP contribution in [0.2, 0.25) is 0 Å². The van der Waals surface area contributed by atoms with Crippen molar-refractivity contribution in [2.24, 2.45) is 13.0 Å². The summed E-state index contributed by atoms with van der Waals surface area (Å²) in [5.41, 5.74) is 0.863. The van der Waals surface area contributed by atoms with E-state index in [0.717, 1.165) is 29.8 Å². The van der Waals surface area contributed by atoms with Crippen LogP contribution in [0.5, 0.6) is 0 Å². The van der Waals surface area contributed by atoms with Crippen molar-refractivity contribution in [3.05, 3.63) is 12.5 Å². The summed E-state index contributed by atoms with van der Waals surface area (Å²) >= 11 is 0. The fraction of sp³-hybridized carbons (Fsp3) is 0.545. The Bertz CT molecular complexity index is 474. The minimum Gasteiger partial charge on any atom is -0.369 e. The first kappa shape index (κ1) is 10.9. The van der Waals surface area contributed by atoms with Gasteiger partial charge in [-0.2, -0.15) is 5.10 Å². The Labute approximate surface area is 94.9 Å². The van der Waals surface area contributed by atoms with E-state index in [9.17, 15) is 0 Å². The van der Waals surface area contributed by atoms with Gasteiger partial charge in [0, 0.05) is 13.6 Å². The lowest BCUT2D eigenvalue weighted by molar-refractivity contribution is 0.607. The fourth-order valence-corrected chi connectivity index (χ4v) is 1.58. The van der Waals surface area contributed by atoms with Gasteiger partial charge in [0.05, 0.1) is 11.6 Å². The molecule has 5 heteroatoms. The summed E-state index contributed by atoms with van der Waals surface area (Å²) < 4.78 is 1.75. The zero-order valence-electron chi connectivity index (χ0n) is 9.94. The highest BCUT2D eigenvalue weighted by Gasteiger charge is 2.06. The molecule has 0 atom stereocenters. The van der Waals surface area contributed by atoms with E-state index in [4.69, 9.17) is 0 Å². The van der Waals surface area contributed by atoms with Gasteiger partial charge in [-0.05, 0) is 12.3 Å². The molecule has 0 amide bonds. The highest BCUT2D eigenvalue weighted by Crippen LogP contribution is 2.17. The largest absolute Gasteiger partial charge is 0.369 e. The summed E-state index contributed by atoms with van der Waals surface area (Å²) in [6.07, 6.45) is 4.50. The van der Waals surface area contributed by atoms with Gasteiger partial charge in [-0.15, -0.1) is 0 Å². The van der Waals surface area contributed by atoms with Crippen molar-refractivity contribution in [1.29, 1.82) is 0 Å². The average molecular weight is 219 g/mol. The SMILES string of the molecule is CC(C)CCNc1ncnc2c1cnn2C. The Morgan fingerprint density at radius 2 is 2.19 bits per heavy atom. The molecular weight excluding hydrogens is 202 g/mol. The van der Waals surface area contributed by atoms with E-state index in [1.807, 2.05) is 7.05 Å². The van der Waals surface area contributed by atoms with Crippen molar-refractivity contribution >= 4 is 16.9 Å². The summed E-state index contributed by atoms with van der Waals surface area (Å²) in [4.78, 5) is 8.44. The van der Waals surface area contributed by atoms with Gasteiger partial charge in [0.1, 0.15) is 12.1 Å². The van der Waals surface area contributed by atoms with Crippen LogP contribution in [0.3, 0.4) is 0 Å². The van der Waals surface area contributed by atoms with E-state index in [0.29, 0.717) is 5.92 Å². The third kappa shape index (κ3) is 2.13. The van der Waals surface area contributed by atoms with Crippen molar-refractivity contribution < 1.29 is 0 Å². The Balaban J connectivity index is 2.17. The maximum atomic E-state index is 4.24. The van der Waals surface area contributed by atoms with Crippen molar-refractivity contribution in [1.82, 2.24) is 19.7 Å². The molecule has 0 saturated carbocycles. The molecule has 2 rings (SSSR count). The number of anilines is 1. The standard InChI is InChI=1S/C11H17N5/c1-8(2)4-5-12-10-9-6-15-16(3)11(9)14-7-13-10/h6-8H,4-5H2,1-3H3,(H,12,13,14). The van der Waals surface area contributed by atoms with Crippen molar-refractivity contribution in [2.75, 3.05) is 11.9 Å². The number of aromatic nitrogens is 4. The van der Waals surface area contributed by atoms with Gasteiger partial charge in [0.25, 0.3) is 0 Å². The smallest absolute Gasteiger partial charge is 0.163 e. The summed E-state index contributed by atoms with van der Waals surface area (Å²) in [6, 6.07) is 0. The maximum Gasteiger partial charge on any atom is 0.163 e. The van der Waals surface area contributed by atoms with Gasteiger partial charge in [0.2, 0.25) is 0 Å². The van der Waals surface area contributed by atoms with Gasteiger partial charge in [-0.1, -0.05) is 13.8 Å². The van der Waals surface area contributed by atoms with Gasteiger partial charge >= 0.3 is 0 Å². The quantitative estimate of drug-likeness (QED) is 0.852. The molecule has 0 aliphatic carbocycles. The highest BCUT2D eigenvalue weighted by atomic mass is 15.3. The number of fused-ring (bicyclic) bond motifs is 1. The molecule has 0 radical (unpaired) electrons. The predicted molar refractivity (Wildman–Crippen MR) is 64.2 cm³/mol. The van der Waals surface area contributed by atoms with E-state index >= 15 is 0 Å². The minimum absolute atomic E-state index is 0.693. The molecule has 0 fully saturated rings. The third-order valence-electron chi connectivity index (χ3n) is 2.54. The van der Waals surface area contributed by atoms with E-state index in [2.05, 4.69) is 34.2 Å². The average Bonchev–Trinajstić information content (AvgIpc) is 2.61. The van der Waals surface area contributed by atoms with Crippen LogP contribution in [0.25, 0.3) is 11.0 Å². The van der Waals surface area contributed by atoms with Crippen LogP contribution < -0.4 is 5.32 Å². The lowest BCUT2D eigenvalue weighted by Gasteiger charge is -2.07. The second kappa shape index (κ2) is 4.47. The first-order valence-corrected chi connectivity index (χ1v) is 5.55. The molecule has 0 unspecified atom stereocenters. The van der Waals surface area contributed by atoms with Crippen molar-refractivity contribution in [3.63, 3.8) is 0 Å². The molecule has 0 spiro atoms. The van der Waals surface area contributed by atoms with Crippen LogP contribution in [0.4, 0.5) is 5.82 Å².